The van der Waals surface area contributed by atoms with Crippen molar-refractivity contribution in [2.45, 2.75) is 19.8 Å². The predicted octanol–water partition coefficient (Wildman–Crippen LogP) is 3.57. The molecule has 0 amide bonds. The molecule has 15 heavy (non-hydrogen) atoms. The third kappa shape index (κ3) is 3.47. The molecule has 0 fully saturated rings. The van der Waals surface area contributed by atoms with Gasteiger partial charge in [0.05, 0.1) is 0 Å². The van der Waals surface area contributed by atoms with Crippen LogP contribution >= 0.6 is 27.5 Å². The van der Waals surface area contributed by atoms with Crippen LogP contribution in [0.15, 0.2) is 17.4 Å². The van der Waals surface area contributed by atoms with Gasteiger partial charge in [0.1, 0.15) is 17.3 Å². The fraction of sp³-hybridized carbons (Fsp3) is 0.400. The largest absolute Gasteiger partial charge is 0.365 e. The van der Waals surface area contributed by atoms with E-state index in [1.807, 2.05) is 0 Å². The zero-order chi connectivity index (χ0) is 11.4. The highest BCUT2D eigenvalue weighted by Gasteiger charge is 2.12. The minimum absolute atomic E-state index is 0.282. The maximum atomic E-state index is 6.01. The minimum atomic E-state index is 0.282. The van der Waals surface area contributed by atoms with Crippen molar-refractivity contribution in [3.05, 3.63) is 28.1 Å². The van der Waals surface area contributed by atoms with E-state index in [2.05, 4.69) is 51.6 Å². The summed E-state index contributed by atoms with van der Waals surface area (Å²) in [5.74, 6) is 1.05. The van der Waals surface area contributed by atoms with Crippen LogP contribution in [-0.2, 0) is 0 Å². The van der Waals surface area contributed by atoms with E-state index in [0.29, 0.717) is 11.7 Å². The highest BCUT2D eigenvalue weighted by Crippen LogP contribution is 2.27. The number of halogens is 2. The highest BCUT2D eigenvalue weighted by atomic mass is 79.9. The standard InChI is InChI=1S/C10H13BrClN3/c1-6(2)8-9(12)14-5-15-10(8)13-4-7(3)11/h5-6H,3-4H2,1-2H3,(H,13,14,15). The lowest BCUT2D eigenvalue weighted by atomic mass is 10.1. The Morgan fingerprint density at radius 1 is 1.60 bits per heavy atom. The Morgan fingerprint density at radius 3 is 2.80 bits per heavy atom. The van der Waals surface area contributed by atoms with Crippen molar-refractivity contribution in [1.82, 2.24) is 9.97 Å². The molecule has 82 valence electrons. The molecule has 3 nitrogen and oxygen atoms in total. The fourth-order valence-corrected chi connectivity index (χ4v) is 1.70. The van der Waals surface area contributed by atoms with Gasteiger partial charge >= 0.3 is 0 Å². The van der Waals surface area contributed by atoms with Crippen LogP contribution in [0, 0.1) is 0 Å². The molecule has 0 saturated heterocycles. The molecule has 0 bridgehead atoms. The van der Waals surface area contributed by atoms with Crippen LogP contribution in [0.4, 0.5) is 5.82 Å². The predicted molar refractivity (Wildman–Crippen MR) is 67.7 cm³/mol. The van der Waals surface area contributed by atoms with Crippen molar-refractivity contribution in [2.75, 3.05) is 11.9 Å². The first-order valence-electron chi connectivity index (χ1n) is 4.60. The molecule has 1 N–H and O–H groups in total. The number of nitrogens with one attached hydrogen (secondary N) is 1. The van der Waals surface area contributed by atoms with Crippen molar-refractivity contribution in [3.63, 3.8) is 0 Å². The normalized spacial score (nSPS) is 10.5. The van der Waals surface area contributed by atoms with Crippen molar-refractivity contribution < 1.29 is 0 Å². The van der Waals surface area contributed by atoms with Gasteiger partial charge < -0.3 is 5.32 Å². The van der Waals surface area contributed by atoms with E-state index in [0.717, 1.165) is 15.9 Å². The lowest BCUT2D eigenvalue weighted by molar-refractivity contribution is 0.847. The van der Waals surface area contributed by atoms with Gasteiger partial charge in [0, 0.05) is 16.6 Å². The van der Waals surface area contributed by atoms with E-state index >= 15 is 0 Å². The van der Waals surface area contributed by atoms with Crippen LogP contribution in [0.25, 0.3) is 0 Å². The lowest BCUT2D eigenvalue weighted by Crippen LogP contribution is -2.08. The van der Waals surface area contributed by atoms with Crippen molar-refractivity contribution in [3.8, 4) is 0 Å². The van der Waals surface area contributed by atoms with Gasteiger partial charge in [0.25, 0.3) is 0 Å². The molecule has 0 aliphatic heterocycles. The first kappa shape index (κ1) is 12.5. The van der Waals surface area contributed by atoms with E-state index in [9.17, 15) is 0 Å². The molecule has 5 heteroatoms. The summed E-state index contributed by atoms with van der Waals surface area (Å²) in [4.78, 5) is 8.13. The van der Waals surface area contributed by atoms with Gasteiger partial charge in [-0.2, -0.15) is 0 Å². The van der Waals surface area contributed by atoms with Gasteiger partial charge in [-0.05, 0) is 5.92 Å². The maximum absolute atomic E-state index is 6.01. The molecular weight excluding hydrogens is 277 g/mol. The quantitative estimate of drug-likeness (QED) is 0.861. The number of hydrogen-bond acceptors (Lipinski definition) is 3. The number of nitrogens with zero attached hydrogens (tertiary/aromatic N) is 2. The van der Waals surface area contributed by atoms with Crippen LogP contribution < -0.4 is 5.32 Å². The third-order valence-corrected chi connectivity index (χ3v) is 2.44. The Balaban J connectivity index is 2.95. The van der Waals surface area contributed by atoms with Crippen LogP contribution in [0.2, 0.25) is 5.15 Å². The number of hydrogen-bond donors (Lipinski definition) is 1. The fourth-order valence-electron chi connectivity index (χ4n) is 1.21. The first-order valence-corrected chi connectivity index (χ1v) is 5.77. The highest BCUT2D eigenvalue weighted by molar-refractivity contribution is 9.11. The van der Waals surface area contributed by atoms with E-state index < -0.39 is 0 Å². The zero-order valence-corrected chi connectivity index (χ0v) is 11.1. The van der Waals surface area contributed by atoms with Gasteiger partial charge in [-0.15, -0.1) is 0 Å². The Bertz CT molecular complexity index is 366. The Labute approximate surface area is 103 Å². The van der Waals surface area contributed by atoms with E-state index in [1.165, 1.54) is 6.33 Å². The van der Waals surface area contributed by atoms with E-state index in [4.69, 9.17) is 11.6 Å². The van der Waals surface area contributed by atoms with Crippen LogP contribution in [-0.4, -0.2) is 16.5 Å². The van der Waals surface area contributed by atoms with Crippen LogP contribution in [0.1, 0.15) is 25.3 Å². The average Bonchev–Trinajstić information content (AvgIpc) is 2.13. The number of rotatable bonds is 4. The molecule has 1 heterocycles. The Morgan fingerprint density at radius 2 is 2.27 bits per heavy atom. The molecule has 1 aromatic rings. The van der Waals surface area contributed by atoms with Gasteiger partial charge in [0.15, 0.2) is 0 Å². The molecule has 0 aliphatic rings. The lowest BCUT2D eigenvalue weighted by Gasteiger charge is -2.13. The molecule has 1 rings (SSSR count). The summed E-state index contributed by atoms with van der Waals surface area (Å²) in [6.07, 6.45) is 1.45. The molecule has 0 spiro atoms. The summed E-state index contributed by atoms with van der Waals surface area (Å²) in [6, 6.07) is 0. The molecule has 0 atom stereocenters. The molecule has 0 aliphatic carbocycles. The minimum Gasteiger partial charge on any atom is -0.365 e. The molecular formula is C10H13BrClN3. The second-order valence-electron chi connectivity index (χ2n) is 3.45. The Kier molecular flexibility index (Phi) is 4.54. The topological polar surface area (TPSA) is 37.8 Å². The van der Waals surface area contributed by atoms with Gasteiger partial charge in [-0.1, -0.05) is 48.0 Å². The second-order valence-corrected chi connectivity index (χ2v) is 4.93. The number of aromatic nitrogens is 2. The summed E-state index contributed by atoms with van der Waals surface area (Å²) < 4.78 is 0.868. The molecule has 1 aromatic heterocycles. The third-order valence-electron chi connectivity index (χ3n) is 1.86. The van der Waals surface area contributed by atoms with Crippen LogP contribution in [0.3, 0.4) is 0 Å². The summed E-state index contributed by atoms with van der Waals surface area (Å²) >= 11 is 9.29. The summed E-state index contributed by atoms with van der Waals surface area (Å²) in [6.45, 7) is 8.47. The van der Waals surface area contributed by atoms with E-state index in [1.54, 1.807) is 0 Å². The van der Waals surface area contributed by atoms with Crippen molar-refractivity contribution >= 4 is 33.3 Å². The average molecular weight is 291 g/mol. The summed E-state index contributed by atoms with van der Waals surface area (Å²) in [5, 5.41) is 3.66. The second kappa shape index (κ2) is 5.47. The number of anilines is 1. The zero-order valence-electron chi connectivity index (χ0n) is 8.72. The Hall–Kier alpha value is -0.610. The molecule has 0 unspecified atom stereocenters. The summed E-state index contributed by atoms with van der Waals surface area (Å²) in [7, 11) is 0. The first-order chi connectivity index (χ1) is 7.02. The monoisotopic (exact) mass is 289 g/mol. The van der Waals surface area contributed by atoms with Crippen LogP contribution in [0.5, 0.6) is 0 Å². The SMILES string of the molecule is C=C(Br)CNc1ncnc(Cl)c1C(C)C. The van der Waals surface area contributed by atoms with Crippen molar-refractivity contribution in [1.29, 1.82) is 0 Å². The molecule has 0 aromatic carbocycles. The molecule has 0 saturated carbocycles. The van der Waals surface area contributed by atoms with E-state index in [-0.39, 0.29) is 5.92 Å². The van der Waals surface area contributed by atoms with Gasteiger partial charge in [-0.25, -0.2) is 9.97 Å². The van der Waals surface area contributed by atoms with Gasteiger partial charge in [-0.3, -0.25) is 0 Å². The summed E-state index contributed by atoms with van der Waals surface area (Å²) in [5.41, 5.74) is 0.938. The maximum Gasteiger partial charge on any atom is 0.138 e. The smallest absolute Gasteiger partial charge is 0.138 e. The molecule has 0 radical (unpaired) electrons. The van der Waals surface area contributed by atoms with Gasteiger partial charge in [0.2, 0.25) is 0 Å². The van der Waals surface area contributed by atoms with Crippen molar-refractivity contribution in [2.24, 2.45) is 0 Å².